The van der Waals surface area contributed by atoms with Crippen molar-refractivity contribution in [2.24, 2.45) is 0 Å². The summed E-state index contributed by atoms with van der Waals surface area (Å²) in [6.07, 6.45) is -0.596. The molecule has 1 atom stereocenters. The number of carboxylic acids is 1. The van der Waals surface area contributed by atoms with Crippen LogP contribution in [0, 0.1) is 0 Å². The fourth-order valence-corrected chi connectivity index (χ4v) is 1.33. The van der Waals surface area contributed by atoms with Crippen LogP contribution in [0.4, 0.5) is 5.69 Å². The predicted molar refractivity (Wildman–Crippen MR) is 52.1 cm³/mol. The van der Waals surface area contributed by atoms with Gasteiger partial charge in [-0.05, 0) is 25.1 Å². The number of fused-ring (bicyclic) bond motifs is 1. The Hall–Kier alpha value is -2.04. The molecule has 0 unspecified atom stereocenters. The Morgan fingerprint density at radius 1 is 1.53 bits per heavy atom. The second kappa shape index (κ2) is 3.27. The average molecular weight is 207 g/mol. The van der Waals surface area contributed by atoms with E-state index in [4.69, 9.17) is 9.84 Å². The van der Waals surface area contributed by atoms with E-state index < -0.39 is 12.1 Å². The molecule has 5 nitrogen and oxygen atoms in total. The number of carbonyl (C=O) groups is 2. The van der Waals surface area contributed by atoms with Gasteiger partial charge in [0.15, 0.2) is 6.10 Å². The summed E-state index contributed by atoms with van der Waals surface area (Å²) >= 11 is 0. The van der Waals surface area contributed by atoms with E-state index in [1.54, 1.807) is 6.92 Å². The van der Waals surface area contributed by atoms with E-state index in [-0.39, 0.29) is 11.5 Å². The lowest BCUT2D eigenvalue weighted by Crippen LogP contribution is -2.34. The molecule has 0 aromatic heterocycles. The summed E-state index contributed by atoms with van der Waals surface area (Å²) in [5.74, 6) is -0.862. The molecule has 0 radical (unpaired) electrons. The van der Waals surface area contributed by atoms with Crippen LogP contribution in [0.1, 0.15) is 17.3 Å². The van der Waals surface area contributed by atoms with E-state index in [1.165, 1.54) is 18.2 Å². The van der Waals surface area contributed by atoms with Gasteiger partial charge in [-0.25, -0.2) is 4.79 Å². The maximum absolute atomic E-state index is 11.2. The topological polar surface area (TPSA) is 75.6 Å². The number of carboxylic acid groups (broad SMARTS) is 1. The first kappa shape index (κ1) is 9.51. The third-order valence-corrected chi connectivity index (χ3v) is 2.16. The Morgan fingerprint density at radius 2 is 2.27 bits per heavy atom. The first-order chi connectivity index (χ1) is 7.08. The number of hydrogen-bond acceptors (Lipinski definition) is 3. The second-order valence-electron chi connectivity index (χ2n) is 3.27. The van der Waals surface area contributed by atoms with Crippen LogP contribution in [0.25, 0.3) is 0 Å². The fourth-order valence-electron chi connectivity index (χ4n) is 1.33. The molecule has 1 aliphatic rings. The van der Waals surface area contributed by atoms with Crippen molar-refractivity contribution in [3.8, 4) is 5.75 Å². The van der Waals surface area contributed by atoms with Crippen LogP contribution in [-0.2, 0) is 4.79 Å². The van der Waals surface area contributed by atoms with E-state index in [0.717, 1.165) is 0 Å². The maximum Gasteiger partial charge on any atom is 0.335 e. The highest BCUT2D eigenvalue weighted by molar-refractivity contribution is 5.98. The predicted octanol–water partition coefficient (Wildman–Crippen LogP) is 1.10. The Morgan fingerprint density at radius 3 is 2.93 bits per heavy atom. The van der Waals surface area contributed by atoms with Crippen LogP contribution in [0.2, 0.25) is 0 Å². The molecule has 1 aromatic rings. The second-order valence-corrected chi connectivity index (χ2v) is 3.27. The zero-order chi connectivity index (χ0) is 11.0. The van der Waals surface area contributed by atoms with Crippen molar-refractivity contribution in [2.45, 2.75) is 13.0 Å². The Balaban J connectivity index is 2.41. The highest BCUT2D eigenvalue weighted by Crippen LogP contribution is 2.30. The third kappa shape index (κ3) is 1.63. The third-order valence-electron chi connectivity index (χ3n) is 2.16. The Labute approximate surface area is 85.7 Å². The van der Waals surface area contributed by atoms with Gasteiger partial charge in [0.1, 0.15) is 5.75 Å². The number of carbonyl (C=O) groups excluding carboxylic acids is 1. The van der Waals surface area contributed by atoms with Crippen LogP contribution < -0.4 is 10.1 Å². The van der Waals surface area contributed by atoms with Gasteiger partial charge in [-0.3, -0.25) is 4.79 Å². The van der Waals surface area contributed by atoms with Crippen molar-refractivity contribution in [3.05, 3.63) is 23.8 Å². The normalized spacial score (nSPS) is 18.7. The summed E-state index contributed by atoms with van der Waals surface area (Å²) in [7, 11) is 0. The molecule has 0 saturated carbocycles. The average Bonchev–Trinajstić information content (AvgIpc) is 2.19. The molecule has 0 bridgehead atoms. The van der Waals surface area contributed by atoms with E-state index in [1.807, 2.05) is 0 Å². The molecule has 2 rings (SSSR count). The van der Waals surface area contributed by atoms with Crippen molar-refractivity contribution < 1.29 is 19.4 Å². The zero-order valence-electron chi connectivity index (χ0n) is 7.98. The smallest absolute Gasteiger partial charge is 0.335 e. The highest BCUT2D eigenvalue weighted by atomic mass is 16.5. The molecule has 15 heavy (non-hydrogen) atoms. The molecule has 0 fully saturated rings. The molecule has 0 spiro atoms. The number of rotatable bonds is 1. The van der Waals surface area contributed by atoms with Crippen molar-refractivity contribution in [1.82, 2.24) is 0 Å². The standard InChI is InChI=1S/C10H9NO4/c1-5-9(12)11-7-3-2-6(10(13)14)4-8(7)15-5/h2-5H,1H3,(H,11,12)(H,13,14)/t5-/m1/s1. The summed E-state index contributed by atoms with van der Waals surface area (Å²) in [5.41, 5.74) is 0.639. The Bertz CT molecular complexity index is 441. The lowest BCUT2D eigenvalue weighted by atomic mass is 10.1. The fraction of sp³-hybridized carbons (Fsp3) is 0.200. The van der Waals surface area contributed by atoms with E-state index in [2.05, 4.69) is 5.32 Å². The van der Waals surface area contributed by atoms with Gasteiger partial charge in [0.25, 0.3) is 5.91 Å². The molecular formula is C10H9NO4. The van der Waals surface area contributed by atoms with Crippen molar-refractivity contribution >= 4 is 17.6 Å². The minimum absolute atomic E-state index is 0.136. The minimum atomic E-state index is -1.02. The van der Waals surface area contributed by atoms with E-state index >= 15 is 0 Å². The molecule has 1 amide bonds. The molecule has 2 N–H and O–H groups in total. The van der Waals surface area contributed by atoms with E-state index in [0.29, 0.717) is 11.4 Å². The molecule has 78 valence electrons. The monoisotopic (exact) mass is 207 g/mol. The van der Waals surface area contributed by atoms with Gasteiger partial charge < -0.3 is 15.2 Å². The molecule has 1 heterocycles. The van der Waals surface area contributed by atoms with Crippen LogP contribution >= 0.6 is 0 Å². The molecule has 0 aliphatic carbocycles. The maximum atomic E-state index is 11.2. The molecular weight excluding hydrogens is 198 g/mol. The lowest BCUT2D eigenvalue weighted by molar-refractivity contribution is -0.122. The van der Waals surface area contributed by atoms with Gasteiger partial charge in [0.05, 0.1) is 11.3 Å². The van der Waals surface area contributed by atoms with Crippen molar-refractivity contribution in [1.29, 1.82) is 0 Å². The number of aromatic carboxylic acids is 1. The Kier molecular flexibility index (Phi) is 2.07. The summed E-state index contributed by atoms with van der Waals surface area (Å²) in [5, 5.41) is 11.4. The van der Waals surface area contributed by atoms with Gasteiger partial charge in [-0.15, -0.1) is 0 Å². The number of anilines is 1. The SMILES string of the molecule is C[C@H]1Oc2cc(C(=O)O)ccc2NC1=O. The van der Waals surface area contributed by atoms with Crippen LogP contribution in [0.5, 0.6) is 5.75 Å². The number of benzene rings is 1. The summed E-state index contributed by atoms with van der Waals surface area (Å²) in [4.78, 5) is 21.9. The molecule has 1 aromatic carbocycles. The first-order valence-electron chi connectivity index (χ1n) is 4.43. The number of amides is 1. The highest BCUT2D eigenvalue weighted by Gasteiger charge is 2.24. The van der Waals surface area contributed by atoms with Crippen LogP contribution in [-0.4, -0.2) is 23.1 Å². The summed E-state index contributed by atoms with van der Waals surface area (Å²) in [6, 6.07) is 4.33. The van der Waals surface area contributed by atoms with Gasteiger partial charge in [-0.2, -0.15) is 0 Å². The largest absolute Gasteiger partial charge is 0.479 e. The number of ether oxygens (including phenoxy) is 1. The van der Waals surface area contributed by atoms with Gasteiger partial charge in [0, 0.05) is 0 Å². The first-order valence-corrected chi connectivity index (χ1v) is 4.43. The van der Waals surface area contributed by atoms with E-state index in [9.17, 15) is 9.59 Å². The number of nitrogens with one attached hydrogen (secondary N) is 1. The van der Waals surface area contributed by atoms with Crippen molar-refractivity contribution in [2.75, 3.05) is 5.32 Å². The lowest BCUT2D eigenvalue weighted by Gasteiger charge is -2.23. The van der Waals surface area contributed by atoms with Crippen LogP contribution in [0.15, 0.2) is 18.2 Å². The quantitative estimate of drug-likeness (QED) is 0.723. The van der Waals surface area contributed by atoms with Gasteiger partial charge in [0.2, 0.25) is 0 Å². The molecule has 1 aliphatic heterocycles. The molecule has 0 saturated heterocycles. The molecule has 5 heteroatoms. The number of hydrogen-bond donors (Lipinski definition) is 2. The zero-order valence-corrected chi connectivity index (χ0v) is 7.98. The van der Waals surface area contributed by atoms with Crippen molar-refractivity contribution in [3.63, 3.8) is 0 Å². The van der Waals surface area contributed by atoms with Gasteiger partial charge >= 0.3 is 5.97 Å². The summed E-state index contributed by atoms with van der Waals surface area (Å²) in [6.45, 7) is 1.60. The van der Waals surface area contributed by atoms with Gasteiger partial charge in [-0.1, -0.05) is 0 Å². The summed E-state index contributed by atoms with van der Waals surface area (Å²) < 4.78 is 5.26. The minimum Gasteiger partial charge on any atom is -0.479 e. The van der Waals surface area contributed by atoms with Crippen LogP contribution in [0.3, 0.4) is 0 Å².